The van der Waals surface area contributed by atoms with Crippen molar-refractivity contribution in [3.8, 4) is 0 Å². The largest absolute Gasteiger partial charge is 0.0651 e. The zero-order chi connectivity index (χ0) is 18.4. The van der Waals surface area contributed by atoms with E-state index in [4.69, 9.17) is 0 Å². The Hall–Kier alpha value is -1.91. The van der Waals surface area contributed by atoms with Gasteiger partial charge in [-0.15, -0.1) is 0 Å². The number of hydrogen-bond donors (Lipinski definition) is 0. The molecule has 3 aromatic rings. The zero-order valence-electron chi connectivity index (χ0n) is 16.2. The van der Waals surface area contributed by atoms with Gasteiger partial charge in [0, 0.05) is 0 Å². The van der Waals surface area contributed by atoms with Crippen LogP contribution < -0.4 is 15.9 Å². The van der Waals surface area contributed by atoms with Gasteiger partial charge in [-0.2, -0.15) is 0 Å². The van der Waals surface area contributed by atoms with Gasteiger partial charge in [-0.3, -0.25) is 0 Å². The average Bonchev–Trinajstić information content (AvgIpc) is 2.66. The highest BCUT2D eigenvalue weighted by Gasteiger charge is 2.22. The minimum atomic E-state index is -0.532. The molecular formula is C25H29P. The fraction of sp³-hybridized carbons (Fsp3) is 0.280. The van der Waals surface area contributed by atoms with Crippen molar-refractivity contribution in [2.45, 2.75) is 46.5 Å². The summed E-state index contributed by atoms with van der Waals surface area (Å²) in [6, 6.07) is 27.2. The molecule has 0 atom stereocenters. The Labute approximate surface area is 160 Å². The summed E-state index contributed by atoms with van der Waals surface area (Å²) in [6.45, 7) is 6.81. The van der Waals surface area contributed by atoms with Gasteiger partial charge < -0.3 is 0 Å². The molecule has 0 bridgehead atoms. The molecule has 0 aliphatic heterocycles. The molecule has 0 spiro atoms. The van der Waals surface area contributed by atoms with E-state index in [0.29, 0.717) is 0 Å². The maximum atomic E-state index is 2.37. The fourth-order valence-electron chi connectivity index (χ4n) is 3.62. The van der Waals surface area contributed by atoms with Gasteiger partial charge in [-0.25, -0.2) is 0 Å². The van der Waals surface area contributed by atoms with Gasteiger partial charge in [0.15, 0.2) is 0 Å². The zero-order valence-corrected chi connectivity index (χ0v) is 17.1. The third kappa shape index (κ3) is 4.08. The first-order chi connectivity index (χ1) is 12.8. The van der Waals surface area contributed by atoms with E-state index in [1.807, 2.05) is 0 Å². The van der Waals surface area contributed by atoms with E-state index in [-0.39, 0.29) is 0 Å². The van der Waals surface area contributed by atoms with Crippen LogP contribution in [0.4, 0.5) is 0 Å². The predicted molar refractivity (Wildman–Crippen MR) is 118 cm³/mol. The monoisotopic (exact) mass is 360 g/mol. The second-order valence-electron chi connectivity index (χ2n) is 6.88. The molecule has 134 valence electrons. The molecule has 0 saturated carbocycles. The van der Waals surface area contributed by atoms with E-state index < -0.39 is 7.92 Å². The van der Waals surface area contributed by atoms with E-state index in [1.165, 1.54) is 45.4 Å². The first-order valence-electron chi connectivity index (χ1n) is 9.77. The molecule has 26 heavy (non-hydrogen) atoms. The number of hydrogen-bond acceptors (Lipinski definition) is 0. The van der Waals surface area contributed by atoms with E-state index in [9.17, 15) is 0 Å². The Balaban J connectivity index is 2.24. The predicted octanol–water partition coefficient (Wildman–Crippen LogP) is 5.66. The van der Waals surface area contributed by atoms with Crippen molar-refractivity contribution >= 4 is 23.8 Å². The molecular weight excluding hydrogens is 331 g/mol. The molecule has 0 fully saturated rings. The van der Waals surface area contributed by atoms with Crippen LogP contribution in [0.15, 0.2) is 72.8 Å². The number of aryl methyl sites for hydroxylation is 3. The quantitative estimate of drug-likeness (QED) is 0.477. The summed E-state index contributed by atoms with van der Waals surface area (Å²) < 4.78 is 0. The molecule has 3 aromatic carbocycles. The van der Waals surface area contributed by atoms with Gasteiger partial charge in [0.1, 0.15) is 0 Å². The van der Waals surface area contributed by atoms with Crippen molar-refractivity contribution in [2.24, 2.45) is 0 Å². The molecule has 0 saturated heterocycles. The van der Waals surface area contributed by atoms with Gasteiger partial charge >= 0.3 is 0 Å². The summed E-state index contributed by atoms with van der Waals surface area (Å²) in [7, 11) is -0.532. The van der Waals surface area contributed by atoms with Crippen LogP contribution in [-0.2, 0) is 12.8 Å². The highest BCUT2D eigenvalue weighted by atomic mass is 31.1. The van der Waals surface area contributed by atoms with Gasteiger partial charge in [0.05, 0.1) is 0 Å². The summed E-state index contributed by atoms with van der Waals surface area (Å²) in [5, 5.41) is 4.55. The average molecular weight is 360 g/mol. The van der Waals surface area contributed by atoms with Gasteiger partial charge in [-0.1, -0.05) is 99.5 Å². The lowest BCUT2D eigenvalue weighted by atomic mass is 10.1. The molecule has 0 aliphatic carbocycles. The lowest BCUT2D eigenvalue weighted by Crippen LogP contribution is -2.26. The van der Waals surface area contributed by atoms with Crippen molar-refractivity contribution in [2.75, 3.05) is 0 Å². The molecule has 0 N–H and O–H groups in total. The lowest BCUT2D eigenvalue weighted by molar-refractivity contribution is 0.926. The molecule has 0 heterocycles. The minimum Gasteiger partial charge on any atom is -0.0651 e. The molecule has 3 rings (SSSR count). The summed E-state index contributed by atoms with van der Waals surface area (Å²) in [5.74, 6) is 0. The summed E-state index contributed by atoms with van der Waals surface area (Å²) in [4.78, 5) is 0. The highest BCUT2D eigenvalue weighted by Crippen LogP contribution is 2.37. The standard InChI is InChI=1S/C25H29P/c1-4-12-21-15-7-10-18-24(21)26(23-17-9-6-14-20(23)3)25-19-11-8-16-22(25)13-5-2/h6-11,14-19H,4-5,12-13H2,1-3H3. The van der Waals surface area contributed by atoms with Crippen LogP contribution in [0.3, 0.4) is 0 Å². The second-order valence-corrected chi connectivity index (χ2v) is 9.00. The maximum Gasteiger partial charge on any atom is -0.0119 e. The van der Waals surface area contributed by atoms with Crippen molar-refractivity contribution in [3.63, 3.8) is 0 Å². The third-order valence-electron chi connectivity index (χ3n) is 4.86. The second kappa shape index (κ2) is 9.15. The molecule has 0 aliphatic rings. The molecule has 0 amide bonds. The van der Waals surface area contributed by atoms with Crippen molar-refractivity contribution in [1.82, 2.24) is 0 Å². The summed E-state index contributed by atoms with van der Waals surface area (Å²) in [5.41, 5.74) is 4.42. The first-order valence-corrected chi connectivity index (χ1v) is 11.1. The molecule has 1 heteroatoms. The smallest absolute Gasteiger partial charge is 0.0119 e. The van der Waals surface area contributed by atoms with Gasteiger partial charge in [0.25, 0.3) is 0 Å². The van der Waals surface area contributed by atoms with Crippen LogP contribution in [0.1, 0.15) is 43.4 Å². The molecule has 0 radical (unpaired) electrons. The van der Waals surface area contributed by atoms with Crippen LogP contribution in [0.25, 0.3) is 0 Å². The molecule has 0 unspecified atom stereocenters. The summed E-state index contributed by atoms with van der Waals surface area (Å²) in [6.07, 6.45) is 4.67. The highest BCUT2D eigenvalue weighted by molar-refractivity contribution is 7.80. The van der Waals surface area contributed by atoms with Crippen LogP contribution in [-0.4, -0.2) is 0 Å². The van der Waals surface area contributed by atoms with E-state index in [0.717, 1.165) is 12.8 Å². The molecule has 0 aromatic heterocycles. The Morgan fingerprint density at radius 3 is 1.46 bits per heavy atom. The van der Waals surface area contributed by atoms with Crippen LogP contribution >= 0.6 is 7.92 Å². The molecule has 0 nitrogen and oxygen atoms in total. The van der Waals surface area contributed by atoms with Gasteiger partial charge in [-0.05, 0) is 60.3 Å². The summed E-state index contributed by atoms with van der Waals surface area (Å²) >= 11 is 0. The van der Waals surface area contributed by atoms with E-state index in [2.05, 4.69) is 93.6 Å². The Bertz CT molecular complexity index is 801. The maximum absolute atomic E-state index is 2.37. The van der Waals surface area contributed by atoms with Crippen LogP contribution in [0.5, 0.6) is 0 Å². The van der Waals surface area contributed by atoms with Crippen molar-refractivity contribution in [1.29, 1.82) is 0 Å². The van der Waals surface area contributed by atoms with Crippen LogP contribution in [0.2, 0.25) is 0 Å². The van der Waals surface area contributed by atoms with E-state index >= 15 is 0 Å². The van der Waals surface area contributed by atoms with Crippen molar-refractivity contribution < 1.29 is 0 Å². The lowest BCUT2D eigenvalue weighted by Gasteiger charge is -2.26. The SMILES string of the molecule is CCCc1ccccc1P(c1ccccc1C)c1ccccc1CCC. The first kappa shape index (κ1) is 18.9. The Morgan fingerprint density at radius 2 is 1.00 bits per heavy atom. The third-order valence-corrected chi connectivity index (χ3v) is 7.68. The Kier molecular flexibility index (Phi) is 6.64. The van der Waals surface area contributed by atoms with Gasteiger partial charge in [0.2, 0.25) is 0 Å². The minimum absolute atomic E-state index is 0.532. The normalized spacial score (nSPS) is 11.1. The number of rotatable bonds is 7. The van der Waals surface area contributed by atoms with Crippen LogP contribution in [0, 0.1) is 6.92 Å². The number of benzene rings is 3. The fourth-order valence-corrected chi connectivity index (χ4v) is 6.48. The van der Waals surface area contributed by atoms with Crippen molar-refractivity contribution in [3.05, 3.63) is 89.5 Å². The Morgan fingerprint density at radius 1 is 0.577 bits per heavy atom. The van der Waals surface area contributed by atoms with E-state index in [1.54, 1.807) is 0 Å². The topological polar surface area (TPSA) is 0 Å².